The molecule has 0 radical (unpaired) electrons. The number of hydrogen-bond donors (Lipinski definition) is 2. The first-order chi connectivity index (χ1) is 6.81. The summed E-state index contributed by atoms with van der Waals surface area (Å²) in [5, 5.41) is 11.1. The minimum Gasteiger partial charge on any atom is -0.395 e. The van der Waals surface area contributed by atoms with E-state index in [2.05, 4.69) is 12.2 Å². The average molecular weight is 201 g/mol. The van der Waals surface area contributed by atoms with Gasteiger partial charge >= 0.3 is 0 Å². The summed E-state index contributed by atoms with van der Waals surface area (Å²) >= 11 is 0. The smallest absolute Gasteiger partial charge is 0.220 e. The van der Waals surface area contributed by atoms with Crippen molar-refractivity contribution >= 4 is 5.91 Å². The molecule has 0 fully saturated rings. The molecule has 14 heavy (non-hydrogen) atoms. The molecule has 0 saturated carbocycles. The zero-order chi connectivity index (χ0) is 10.6. The Morgan fingerprint density at radius 1 is 1.14 bits per heavy atom. The Balaban J connectivity index is 3.07. The predicted molar refractivity (Wildman–Crippen MR) is 58.1 cm³/mol. The first-order valence-corrected chi connectivity index (χ1v) is 5.68. The SMILES string of the molecule is CCCCCCCCC(=O)NCCO. The highest BCUT2D eigenvalue weighted by Crippen LogP contribution is 2.06. The minimum atomic E-state index is 0.0300. The molecule has 3 nitrogen and oxygen atoms in total. The Bertz CT molecular complexity index is 137. The van der Waals surface area contributed by atoms with Crippen LogP contribution in [0.3, 0.4) is 0 Å². The van der Waals surface area contributed by atoms with Crippen molar-refractivity contribution in [1.29, 1.82) is 0 Å². The Hall–Kier alpha value is -0.570. The van der Waals surface area contributed by atoms with Gasteiger partial charge in [0, 0.05) is 13.0 Å². The van der Waals surface area contributed by atoms with Gasteiger partial charge in [-0.05, 0) is 6.42 Å². The van der Waals surface area contributed by atoms with Crippen LogP contribution < -0.4 is 5.32 Å². The van der Waals surface area contributed by atoms with Crippen molar-refractivity contribution in [2.24, 2.45) is 0 Å². The monoisotopic (exact) mass is 201 g/mol. The van der Waals surface area contributed by atoms with Gasteiger partial charge in [0.25, 0.3) is 0 Å². The number of aliphatic hydroxyl groups is 1. The Kier molecular flexibility index (Phi) is 10.1. The van der Waals surface area contributed by atoms with Crippen molar-refractivity contribution in [2.45, 2.75) is 51.9 Å². The van der Waals surface area contributed by atoms with E-state index >= 15 is 0 Å². The van der Waals surface area contributed by atoms with Crippen molar-refractivity contribution < 1.29 is 9.90 Å². The lowest BCUT2D eigenvalue weighted by Crippen LogP contribution is -2.25. The van der Waals surface area contributed by atoms with E-state index < -0.39 is 0 Å². The van der Waals surface area contributed by atoms with Gasteiger partial charge in [0.05, 0.1) is 6.61 Å². The molecule has 0 saturated heterocycles. The van der Waals surface area contributed by atoms with Gasteiger partial charge in [-0.2, -0.15) is 0 Å². The Morgan fingerprint density at radius 2 is 1.79 bits per heavy atom. The van der Waals surface area contributed by atoms with Crippen molar-refractivity contribution in [2.75, 3.05) is 13.2 Å². The maximum Gasteiger partial charge on any atom is 0.220 e. The summed E-state index contributed by atoms with van der Waals surface area (Å²) in [7, 11) is 0. The summed E-state index contributed by atoms with van der Waals surface area (Å²) in [6.07, 6.45) is 7.81. The van der Waals surface area contributed by atoms with Gasteiger partial charge in [-0.3, -0.25) is 4.79 Å². The predicted octanol–water partition coefficient (Wildman–Crippen LogP) is 1.85. The van der Waals surface area contributed by atoms with E-state index in [4.69, 9.17) is 5.11 Å². The second-order valence-electron chi connectivity index (χ2n) is 3.59. The first-order valence-electron chi connectivity index (χ1n) is 5.68. The standard InChI is InChI=1S/C11H23NO2/c1-2-3-4-5-6-7-8-11(14)12-9-10-13/h13H,2-10H2,1H3,(H,12,14). The minimum absolute atomic E-state index is 0.0300. The number of hydrogen-bond acceptors (Lipinski definition) is 2. The molecule has 0 bridgehead atoms. The van der Waals surface area contributed by atoms with E-state index in [0.29, 0.717) is 13.0 Å². The third-order valence-corrected chi connectivity index (χ3v) is 2.19. The molecule has 0 unspecified atom stereocenters. The largest absolute Gasteiger partial charge is 0.395 e. The summed E-state index contributed by atoms with van der Waals surface area (Å²) in [6, 6.07) is 0. The molecule has 84 valence electrons. The number of nitrogens with one attached hydrogen (secondary N) is 1. The maximum absolute atomic E-state index is 11.1. The van der Waals surface area contributed by atoms with Crippen molar-refractivity contribution in [3.63, 3.8) is 0 Å². The summed E-state index contributed by atoms with van der Waals surface area (Å²) in [4.78, 5) is 11.1. The average Bonchev–Trinajstić information content (AvgIpc) is 2.20. The summed E-state index contributed by atoms with van der Waals surface area (Å²) in [6.45, 7) is 2.61. The molecular weight excluding hydrogens is 178 g/mol. The molecule has 3 heteroatoms. The summed E-state index contributed by atoms with van der Waals surface area (Å²) in [5.41, 5.74) is 0. The molecule has 0 aliphatic heterocycles. The fourth-order valence-corrected chi connectivity index (χ4v) is 1.35. The number of rotatable bonds is 9. The van der Waals surface area contributed by atoms with E-state index in [1.54, 1.807) is 0 Å². The normalized spacial score (nSPS) is 10.1. The maximum atomic E-state index is 11.1. The second kappa shape index (κ2) is 10.5. The van der Waals surface area contributed by atoms with Gasteiger partial charge in [-0.25, -0.2) is 0 Å². The molecule has 0 aromatic heterocycles. The van der Waals surface area contributed by atoms with Crippen LogP contribution in [0.1, 0.15) is 51.9 Å². The lowest BCUT2D eigenvalue weighted by Gasteiger charge is -2.02. The van der Waals surface area contributed by atoms with Gasteiger partial charge in [-0.1, -0.05) is 39.0 Å². The molecule has 1 amide bonds. The van der Waals surface area contributed by atoms with Gasteiger partial charge in [0.1, 0.15) is 0 Å². The van der Waals surface area contributed by atoms with E-state index in [9.17, 15) is 4.79 Å². The van der Waals surface area contributed by atoms with Crippen molar-refractivity contribution in [3.05, 3.63) is 0 Å². The lowest BCUT2D eigenvalue weighted by atomic mass is 10.1. The summed E-state index contributed by atoms with van der Waals surface area (Å²) < 4.78 is 0. The molecule has 0 aromatic rings. The first kappa shape index (κ1) is 13.4. The molecule has 0 aliphatic rings. The van der Waals surface area contributed by atoms with Crippen LogP contribution in [-0.4, -0.2) is 24.2 Å². The fourth-order valence-electron chi connectivity index (χ4n) is 1.35. The van der Waals surface area contributed by atoms with Gasteiger partial charge in [-0.15, -0.1) is 0 Å². The number of aliphatic hydroxyl groups excluding tert-OH is 1. The molecule has 0 rings (SSSR count). The van der Waals surface area contributed by atoms with Gasteiger partial charge < -0.3 is 10.4 Å². The van der Waals surface area contributed by atoms with E-state index in [-0.39, 0.29) is 12.5 Å². The highest BCUT2D eigenvalue weighted by Gasteiger charge is 1.98. The highest BCUT2D eigenvalue weighted by atomic mass is 16.3. The number of amides is 1. The van der Waals surface area contributed by atoms with E-state index in [1.807, 2.05) is 0 Å². The Morgan fingerprint density at radius 3 is 2.43 bits per heavy atom. The summed E-state index contributed by atoms with van der Waals surface area (Å²) in [5.74, 6) is 0.0644. The van der Waals surface area contributed by atoms with Gasteiger partial charge in [0.2, 0.25) is 5.91 Å². The lowest BCUT2D eigenvalue weighted by molar-refractivity contribution is -0.121. The molecule has 0 atom stereocenters. The van der Waals surface area contributed by atoms with Crippen molar-refractivity contribution in [3.8, 4) is 0 Å². The van der Waals surface area contributed by atoms with Crippen LogP contribution in [0.25, 0.3) is 0 Å². The van der Waals surface area contributed by atoms with Gasteiger partial charge in [0.15, 0.2) is 0 Å². The van der Waals surface area contributed by atoms with Crippen molar-refractivity contribution in [1.82, 2.24) is 5.32 Å². The van der Waals surface area contributed by atoms with E-state index in [0.717, 1.165) is 12.8 Å². The van der Waals surface area contributed by atoms with Crippen LogP contribution >= 0.6 is 0 Å². The topological polar surface area (TPSA) is 49.3 Å². The van der Waals surface area contributed by atoms with Crippen LogP contribution in [0.15, 0.2) is 0 Å². The van der Waals surface area contributed by atoms with Crippen LogP contribution in [0, 0.1) is 0 Å². The number of carbonyl (C=O) groups is 1. The molecule has 0 heterocycles. The second-order valence-corrected chi connectivity index (χ2v) is 3.59. The third kappa shape index (κ3) is 9.52. The highest BCUT2D eigenvalue weighted by molar-refractivity contribution is 5.75. The number of carbonyl (C=O) groups excluding carboxylic acids is 1. The Labute approximate surface area is 86.9 Å². The quantitative estimate of drug-likeness (QED) is 0.559. The molecule has 2 N–H and O–H groups in total. The van der Waals surface area contributed by atoms with Crippen LogP contribution in [0.4, 0.5) is 0 Å². The molecule has 0 aromatic carbocycles. The zero-order valence-corrected chi connectivity index (χ0v) is 9.22. The number of unbranched alkanes of at least 4 members (excludes halogenated alkanes) is 5. The third-order valence-electron chi connectivity index (χ3n) is 2.19. The van der Waals surface area contributed by atoms with Crippen LogP contribution in [-0.2, 0) is 4.79 Å². The molecular formula is C11H23NO2. The molecule has 0 spiro atoms. The zero-order valence-electron chi connectivity index (χ0n) is 9.22. The van der Waals surface area contributed by atoms with Crippen LogP contribution in [0.5, 0.6) is 0 Å². The fraction of sp³-hybridized carbons (Fsp3) is 0.909. The van der Waals surface area contributed by atoms with Crippen LogP contribution in [0.2, 0.25) is 0 Å². The van der Waals surface area contributed by atoms with E-state index in [1.165, 1.54) is 25.7 Å². The molecule has 0 aliphatic carbocycles.